The molecule has 0 aromatic heterocycles. The van der Waals surface area contributed by atoms with Crippen molar-refractivity contribution >= 4 is 21.6 Å². The number of hydrogen-bond acceptors (Lipinski definition) is 1. The number of benzene rings is 1. The molecule has 0 fully saturated rings. The normalized spacial score (nSPS) is 10.2. The van der Waals surface area contributed by atoms with Crippen molar-refractivity contribution in [2.45, 2.75) is 19.8 Å². The number of anilines is 1. The molecule has 0 saturated heterocycles. The molecule has 0 atom stereocenters. The van der Waals surface area contributed by atoms with Crippen LogP contribution in [0.15, 0.2) is 18.2 Å². The number of nitrogen functional groups attached to an aromatic ring is 1. The van der Waals surface area contributed by atoms with Gasteiger partial charge in [-0.1, -0.05) is 28.1 Å². The molecule has 0 unspecified atom stereocenters. The average molecular weight is 228 g/mol. The fourth-order valence-electron chi connectivity index (χ4n) is 1.31. The Labute approximate surface area is 82.1 Å². The highest BCUT2D eigenvalue weighted by atomic mass is 79.9. The van der Waals surface area contributed by atoms with E-state index in [1.54, 1.807) is 0 Å². The maximum atomic E-state index is 5.85. The van der Waals surface area contributed by atoms with Gasteiger partial charge in [0.15, 0.2) is 0 Å². The summed E-state index contributed by atoms with van der Waals surface area (Å²) in [5, 5.41) is 1.04. The Morgan fingerprint density at radius 1 is 1.42 bits per heavy atom. The first-order valence-corrected chi connectivity index (χ1v) is 5.27. The van der Waals surface area contributed by atoms with Crippen LogP contribution in [0, 0.1) is 6.92 Å². The first kappa shape index (κ1) is 9.59. The molecular weight excluding hydrogens is 214 g/mol. The number of hydrogen-bond donors (Lipinski definition) is 1. The molecule has 1 nitrogen and oxygen atoms in total. The van der Waals surface area contributed by atoms with Gasteiger partial charge < -0.3 is 5.73 Å². The second-order valence-electron chi connectivity index (χ2n) is 2.94. The highest BCUT2D eigenvalue weighted by Gasteiger charge is 2.00. The van der Waals surface area contributed by atoms with Gasteiger partial charge in [-0.25, -0.2) is 0 Å². The van der Waals surface area contributed by atoms with Crippen molar-refractivity contribution in [3.63, 3.8) is 0 Å². The molecule has 0 aliphatic rings. The molecule has 0 aliphatic heterocycles. The van der Waals surface area contributed by atoms with Gasteiger partial charge in [0.05, 0.1) is 0 Å². The van der Waals surface area contributed by atoms with Crippen LogP contribution < -0.4 is 5.73 Å². The predicted molar refractivity (Wildman–Crippen MR) is 57.7 cm³/mol. The molecule has 0 heterocycles. The van der Waals surface area contributed by atoms with Gasteiger partial charge in [0, 0.05) is 11.0 Å². The Hall–Kier alpha value is -0.500. The first-order valence-electron chi connectivity index (χ1n) is 4.15. The van der Waals surface area contributed by atoms with E-state index in [9.17, 15) is 0 Å². The lowest BCUT2D eigenvalue weighted by Crippen LogP contribution is -1.97. The number of alkyl halides is 1. The van der Waals surface area contributed by atoms with Crippen molar-refractivity contribution in [1.29, 1.82) is 0 Å². The molecule has 1 aromatic carbocycles. The monoisotopic (exact) mass is 227 g/mol. The SMILES string of the molecule is Cc1cccc(N)c1CCCBr. The lowest BCUT2D eigenvalue weighted by Gasteiger charge is -2.07. The van der Waals surface area contributed by atoms with Gasteiger partial charge in [-0.05, 0) is 37.0 Å². The van der Waals surface area contributed by atoms with E-state index in [1.807, 2.05) is 12.1 Å². The summed E-state index contributed by atoms with van der Waals surface area (Å²) < 4.78 is 0. The van der Waals surface area contributed by atoms with E-state index in [0.29, 0.717) is 0 Å². The highest BCUT2D eigenvalue weighted by molar-refractivity contribution is 9.09. The van der Waals surface area contributed by atoms with Crippen LogP contribution in [0.2, 0.25) is 0 Å². The maximum absolute atomic E-state index is 5.85. The van der Waals surface area contributed by atoms with Gasteiger partial charge in [0.1, 0.15) is 0 Å². The Morgan fingerprint density at radius 3 is 2.75 bits per heavy atom. The first-order chi connectivity index (χ1) is 5.75. The third-order valence-electron chi connectivity index (χ3n) is 2.01. The molecule has 2 heteroatoms. The summed E-state index contributed by atoms with van der Waals surface area (Å²) in [7, 11) is 0. The lowest BCUT2D eigenvalue weighted by atomic mass is 10.0. The zero-order chi connectivity index (χ0) is 8.97. The third kappa shape index (κ3) is 2.24. The van der Waals surface area contributed by atoms with Crippen LogP contribution in [0.1, 0.15) is 17.5 Å². The molecule has 12 heavy (non-hydrogen) atoms. The van der Waals surface area contributed by atoms with E-state index in [0.717, 1.165) is 23.9 Å². The van der Waals surface area contributed by atoms with Crippen molar-refractivity contribution in [2.75, 3.05) is 11.1 Å². The quantitative estimate of drug-likeness (QED) is 0.624. The fraction of sp³-hybridized carbons (Fsp3) is 0.400. The van der Waals surface area contributed by atoms with E-state index in [1.165, 1.54) is 11.1 Å². The zero-order valence-corrected chi connectivity index (χ0v) is 8.89. The predicted octanol–water partition coefficient (Wildman–Crippen LogP) is 2.90. The number of halogens is 1. The van der Waals surface area contributed by atoms with Crippen molar-refractivity contribution in [1.82, 2.24) is 0 Å². The molecule has 0 spiro atoms. The molecule has 0 saturated carbocycles. The minimum atomic E-state index is 0.927. The van der Waals surface area contributed by atoms with Gasteiger partial charge >= 0.3 is 0 Å². The molecule has 1 aromatic rings. The van der Waals surface area contributed by atoms with Gasteiger partial charge in [-0.15, -0.1) is 0 Å². The smallest absolute Gasteiger partial charge is 0.0349 e. The number of aryl methyl sites for hydroxylation is 1. The Kier molecular flexibility index (Phi) is 3.60. The van der Waals surface area contributed by atoms with Crippen LogP contribution in [0.25, 0.3) is 0 Å². The van der Waals surface area contributed by atoms with E-state index in [-0.39, 0.29) is 0 Å². The van der Waals surface area contributed by atoms with Gasteiger partial charge in [-0.2, -0.15) is 0 Å². The Balaban J connectivity index is 2.81. The van der Waals surface area contributed by atoms with Crippen LogP contribution in [0.5, 0.6) is 0 Å². The molecule has 1 rings (SSSR count). The van der Waals surface area contributed by atoms with Gasteiger partial charge in [-0.3, -0.25) is 0 Å². The second kappa shape index (κ2) is 4.51. The molecule has 0 radical (unpaired) electrons. The molecule has 0 bridgehead atoms. The van der Waals surface area contributed by atoms with Crippen LogP contribution in [0.4, 0.5) is 5.69 Å². The number of nitrogens with two attached hydrogens (primary N) is 1. The Morgan fingerprint density at radius 2 is 2.17 bits per heavy atom. The molecule has 0 amide bonds. The van der Waals surface area contributed by atoms with Crippen LogP contribution in [-0.4, -0.2) is 5.33 Å². The summed E-state index contributed by atoms with van der Waals surface area (Å²) >= 11 is 3.42. The van der Waals surface area contributed by atoms with Crippen molar-refractivity contribution < 1.29 is 0 Å². The molecule has 0 aliphatic carbocycles. The summed E-state index contributed by atoms with van der Waals surface area (Å²) in [5.41, 5.74) is 9.38. The summed E-state index contributed by atoms with van der Waals surface area (Å²) in [6, 6.07) is 6.08. The topological polar surface area (TPSA) is 26.0 Å². The van der Waals surface area contributed by atoms with Gasteiger partial charge in [0.2, 0.25) is 0 Å². The average Bonchev–Trinajstić information content (AvgIpc) is 2.04. The minimum absolute atomic E-state index is 0.927. The minimum Gasteiger partial charge on any atom is -0.398 e. The molecule has 2 N–H and O–H groups in total. The standard InChI is InChI=1S/C10H14BrN/c1-8-4-2-6-10(12)9(8)5-3-7-11/h2,4,6H,3,5,7,12H2,1H3. The highest BCUT2D eigenvalue weighted by Crippen LogP contribution is 2.18. The van der Waals surface area contributed by atoms with Crippen molar-refractivity contribution in [3.8, 4) is 0 Å². The van der Waals surface area contributed by atoms with E-state index in [2.05, 4.69) is 28.9 Å². The summed E-state index contributed by atoms with van der Waals surface area (Å²) in [5.74, 6) is 0. The van der Waals surface area contributed by atoms with Crippen LogP contribution >= 0.6 is 15.9 Å². The largest absolute Gasteiger partial charge is 0.398 e. The second-order valence-corrected chi connectivity index (χ2v) is 3.73. The summed E-state index contributed by atoms with van der Waals surface area (Å²) in [6.07, 6.45) is 2.22. The van der Waals surface area contributed by atoms with E-state index >= 15 is 0 Å². The van der Waals surface area contributed by atoms with Crippen molar-refractivity contribution in [3.05, 3.63) is 29.3 Å². The van der Waals surface area contributed by atoms with Gasteiger partial charge in [0.25, 0.3) is 0 Å². The van der Waals surface area contributed by atoms with Crippen LogP contribution in [0.3, 0.4) is 0 Å². The Bertz CT molecular complexity index is 238. The third-order valence-corrected chi connectivity index (χ3v) is 2.57. The van der Waals surface area contributed by atoms with Crippen LogP contribution in [-0.2, 0) is 6.42 Å². The maximum Gasteiger partial charge on any atom is 0.0349 e. The summed E-state index contributed by atoms with van der Waals surface area (Å²) in [4.78, 5) is 0. The zero-order valence-electron chi connectivity index (χ0n) is 7.31. The van der Waals surface area contributed by atoms with E-state index in [4.69, 9.17) is 5.73 Å². The molecule has 66 valence electrons. The summed E-state index contributed by atoms with van der Waals surface area (Å²) in [6.45, 7) is 2.11. The lowest BCUT2D eigenvalue weighted by molar-refractivity contribution is 0.932. The van der Waals surface area contributed by atoms with Crippen molar-refractivity contribution in [2.24, 2.45) is 0 Å². The fourth-order valence-corrected chi connectivity index (χ4v) is 1.59. The number of rotatable bonds is 3. The van der Waals surface area contributed by atoms with E-state index < -0.39 is 0 Å². The molecular formula is C10H14BrN.